The summed E-state index contributed by atoms with van der Waals surface area (Å²) in [4.78, 5) is 3.30. The van der Waals surface area contributed by atoms with Gasteiger partial charge in [-0.15, -0.1) is 0 Å². The van der Waals surface area contributed by atoms with Gasteiger partial charge in [-0.3, -0.25) is 0 Å². The molecule has 0 fully saturated rings. The largest absolute Gasteiger partial charge is 0.397 e. The van der Waals surface area contributed by atoms with Gasteiger partial charge in [0.1, 0.15) is 5.82 Å². The molecule has 4 N–H and O–H groups in total. The first-order valence-electron chi connectivity index (χ1n) is 5.52. The molecule has 0 aliphatic rings. The number of benzene rings is 2. The summed E-state index contributed by atoms with van der Waals surface area (Å²) >= 11 is 0. The molecule has 0 amide bonds. The second kappa shape index (κ2) is 3.87. The highest BCUT2D eigenvalue weighted by Gasteiger charge is 2.01. The van der Waals surface area contributed by atoms with E-state index in [-0.39, 0.29) is 0 Å². The van der Waals surface area contributed by atoms with Gasteiger partial charge in [0.2, 0.25) is 0 Å². The Morgan fingerprint density at radius 1 is 0.941 bits per heavy atom. The van der Waals surface area contributed by atoms with Gasteiger partial charge in [0.05, 0.1) is 11.4 Å². The van der Waals surface area contributed by atoms with Crippen molar-refractivity contribution in [3.05, 3.63) is 54.6 Å². The number of hydrogen-bond donors (Lipinski definition) is 3. The number of para-hydroxylation sites is 3. The third-order valence-corrected chi connectivity index (χ3v) is 2.76. The highest BCUT2D eigenvalue weighted by molar-refractivity contribution is 5.85. The predicted octanol–water partition coefficient (Wildman–Crippen LogP) is 3.49. The molecule has 3 nitrogen and oxygen atoms in total. The summed E-state index contributed by atoms with van der Waals surface area (Å²) in [6.45, 7) is 0. The summed E-state index contributed by atoms with van der Waals surface area (Å²) in [5.74, 6) is 0.948. The second-order valence-corrected chi connectivity index (χ2v) is 3.98. The van der Waals surface area contributed by atoms with Crippen LogP contribution in [0.4, 0.5) is 17.2 Å². The lowest BCUT2D eigenvalue weighted by molar-refractivity contribution is 1.42. The number of H-pyrrole nitrogens is 1. The summed E-state index contributed by atoms with van der Waals surface area (Å²) in [5.41, 5.74) is 8.66. The van der Waals surface area contributed by atoms with Gasteiger partial charge < -0.3 is 16.0 Å². The monoisotopic (exact) mass is 223 g/mol. The normalized spacial score (nSPS) is 10.6. The number of aromatic amines is 1. The van der Waals surface area contributed by atoms with Crippen molar-refractivity contribution >= 4 is 28.1 Å². The van der Waals surface area contributed by atoms with E-state index in [0.717, 1.165) is 22.7 Å². The van der Waals surface area contributed by atoms with Crippen LogP contribution in [0.15, 0.2) is 54.6 Å². The van der Waals surface area contributed by atoms with E-state index in [1.807, 2.05) is 36.4 Å². The molecule has 0 unspecified atom stereocenters. The Labute approximate surface area is 99.3 Å². The topological polar surface area (TPSA) is 53.8 Å². The third-order valence-electron chi connectivity index (χ3n) is 2.76. The molecule has 84 valence electrons. The molecule has 3 rings (SSSR count). The fourth-order valence-corrected chi connectivity index (χ4v) is 1.90. The molecule has 0 spiro atoms. The van der Waals surface area contributed by atoms with Gasteiger partial charge >= 0.3 is 0 Å². The molecule has 0 aliphatic carbocycles. The molecule has 0 atom stereocenters. The summed E-state index contributed by atoms with van der Waals surface area (Å²) in [6, 6.07) is 18.0. The van der Waals surface area contributed by atoms with E-state index in [0.29, 0.717) is 0 Å². The first kappa shape index (κ1) is 9.78. The summed E-state index contributed by atoms with van der Waals surface area (Å²) in [7, 11) is 0. The number of fused-ring (bicyclic) bond motifs is 1. The molecular weight excluding hydrogens is 210 g/mol. The van der Waals surface area contributed by atoms with Gasteiger partial charge in [0, 0.05) is 10.9 Å². The second-order valence-electron chi connectivity index (χ2n) is 3.98. The maximum Gasteiger partial charge on any atom is 0.108 e. The van der Waals surface area contributed by atoms with Crippen molar-refractivity contribution in [3.63, 3.8) is 0 Å². The van der Waals surface area contributed by atoms with Gasteiger partial charge in [0.15, 0.2) is 0 Å². The molecular formula is C14H13N3. The minimum Gasteiger partial charge on any atom is -0.397 e. The van der Waals surface area contributed by atoms with Crippen molar-refractivity contribution < 1.29 is 0 Å². The zero-order valence-corrected chi connectivity index (χ0v) is 9.27. The molecule has 3 aromatic rings. The summed E-state index contributed by atoms with van der Waals surface area (Å²) < 4.78 is 0. The van der Waals surface area contributed by atoms with E-state index in [1.54, 1.807) is 0 Å². The maximum atomic E-state index is 5.89. The molecule has 17 heavy (non-hydrogen) atoms. The molecule has 3 heteroatoms. The highest BCUT2D eigenvalue weighted by Crippen LogP contribution is 2.24. The molecule has 1 aromatic heterocycles. The smallest absolute Gasteiger partial charge is 0.108 e. The number of rotatable bonds is 2. The number of hydrogen-bond acceptors (Lipinski definition) is 2. The number of nitrogens with two attached hydrogens (primary N) is 1. The van der Waals surface area contributed by atoms with Crippen LogP contribution in [0.1, 0.15) is 0 Å². The predicted molar refractivity (Wildman–Crippen MR) is 72.4 cm³/mol. The number of nitrogens with one attached hydrogen (secondary N) is 2. The number of nitrogen functional groups attached to an aromatic ring is 1. The van der Waals surface area contributed by atoms with Crippen molar-refractivity contribution in [3.8, 4) is 0 Å². The third kappa shape index (κ3) is 1.83. The van der Waals surface area contributed by atoms with E-state index >= 15 is 0 Å². The van der Waals surface area contributed by atoms with E-state index in [9.17, 15) is 0 Å². The molecule has 0 saturated heterocycles. The fraction of sp³-hybridized carbons (Fsp3) is 0. The van der Waals surface area contributed by atoms with E-state index < -0.39 is 0 Å². The van der Waals surface area contributed by atoms with Crippen LogP contribution in [-0.2, 0) is 0 Å². The van der Waals surface area contributed by atoms with Gasteiger partial charge in [0.25, 0.3) is 0 Å². The molecule has 0 saturated carbocycles. The quantitative estimate of drug-likeness (QED) is 0.582. The van der Waals surface area contributed by atoms with E-state index in [1.165, 1.54) is 5.39 Å². The highest BCUT2D eigenvalue weighted by atomic mass is 15.0. The standard InChI is InChI=1S/C14H13N3/c15-11-6-2-4-8-13(11)17-14-9-10-5-1-3-7-12(10)16-14/h1-9,16-17H,15H2. The summed E-state index contributed by atoms with van der Waals surface area (Å²) in [5, 5.41) is 4.47. The van der Waals surface area contributed by atoms with E-state index in [2.05, 4.69) is 28.5 Å². The van der Waals surface area contributed by atoms with Gasteiger partial charge in [-0.05, 0) is 24.3 Å². The zero-order chi connectivity index (χ0) is 11.7. The molecule has 0 bridgehead atoms. The lowest BCUT2D eigenvalue weighted by Crippen LogP contribution is -1.95. The minimum absolute atomic E-state index is 0.742. The van der Waals surface area contributed by atoms with Crippen molar-refractivity contribution in [2.75, 3.05) is 11.1 Å². The summed E-state index contributed by atoms with van der Waals surface area (Å²) in [6.07, 6.45) is 0. The van der Waals surface area contributed by atoms with E-state index in [4.69, 9.17) is 5.73 Å². The lowest BCUT2D eigenvalue weighted by atomic mass is 10.2. The fourth-order valence-electron chi connectivity index (χ4n) is 1.90. The Bertz CT molecular complexity index is 622. The van der Waals surface area contributed by atoms with Crippen molar-refractivity contribution in [2.45, 2.75) is 0 Å². The van der Waals surface area contributed by atoms with Crippen LogP contribution in [0, 0.1) is 0 Å². The molecule has 1 heterocycles. The Morgan fingerprint density at radius 3 is 2.53 bits per heavy atom. The zero-order valence-electron chi connectivity index (χ0n) is 9.27. The first-order chi connectivity index (χ1) is 8.33. The molecule has 0 aliphatic heterocycles. The van der Waals surface area contributed by atoms with Crippen LogP contribution in [-0.4, -0.2) is 4.98 Å². The van der Waals surface area contributed by atoms with Gasteiger partial charge in [-0.1, -0.05) is 30.3 Å². The van der Waals surface area contributed by atoms with Gasteiger partial charge in [-0.2, -0.15) is 0 Å². The first-order valence-corrected chi connectivity index (χ1v) is 5.52. The Kier molecular flexibility index (Phi) is 2.22. The Hall–Kier alpha value is -2.42. The van der Waals surface area contributed by atoms with Crippen LogP contribution in [0.3, 0.4) is 0 Å². The maximum absolute atomic E-state index is 5.89. The van der Waals surface area contributed by atoms with Crippen molar-refractivity contribution in [1.82, 2.24) is 4.98 Å². The Morgan fingerprint density at radius 2 is 1.71 bits per heavy atom. The van der Waals surface area contributed by atoms with Gasteiger partial charge in [-0.25, -0.2) is 0 Å². The molecule has 0 radical (unpaired) electrons. The van der Waals surface area contributed by atoms with Crippen molar-refractivity contribution in [2.24, 2.45) is 0 Å². The van der Waals surface area contributed by atoms with Crippen LogP contribution in [0.5, 0.6) is 0 Å². The average molecular weight is 223 g/mol. The van der Waals surface area contributed by atoms with Crippen LogP contribution in [0.2, 0.25) is 0 Å². The van der Waals surface area contributed by atoms with Crippen LogP contribution < -0.4 is 11.1 Å². The average Bonchev–Trinajstić information content (AvgIpc) is 2.74. The van der Waals surface area contributed by atoms with Crippen LogP contribution in [0.25, 0.3) is 10.9 Å². The number of anilines is 3. The molecule has 2 aromatic carbocycles. The Balaban J connectivity index is 1.98. The lowest BCUT2D eigenvalue weighted by Gasteiger charge is -2.06. The van der Waals surface area contributed by atoms with Crippen LogP contribution >= 0.6 is 0 Å². The van der Waals surface area contributed by atoms with Crippen molar-refractivity contribution in [1.29, 1.82) is 0 Å². The number of aromatic nitrogens is 1. The minimum atomic E-state index is 0.742. The SMILES string of the molecule is Nc1ccccc1Nc1cc2ccccc2[nH]1.